The normalized spacial score (nSPS) is 14.2. The number of aromatic nitrogens is 3. The third kappa shape index (κ3) is 2.18. The van der Waals surface area contributed by atoms with E-state index in [2.05, 4.69) is 15.0 Å². The van der Waals surface area contributed by atoms with E-state index in [0.29, 0.717) is 5.82 Å². The Morgan fingerprint density at radius 3 is 2.67 bits per heavy atom. The molecule has 1 aliphatic carbocycles. The van der Waals surface area contributed by atoms with Gasteiger partial charge in [0.25, 0.3) is 0 Å². The molecule has 0 aliphatic heterocycles. The molecule has 0 unspecified atom stereocenters. The van der Waals surface area contributed by atoms with Crippen LogP contribution in [0.2, 0.25) is 0 Å². The monoisotopic (exact) mass is 240 g/mol. The number of pyridine rings is 1. The molecule has 2 N–H and O–H groups in total. The molecule has 0 bridgehead atoms. The molecule has 0 fully saturated rings. The molecule has 4 nitrogen and oxygen atoms in total. The standard InChI is InChI=1S/C14H16N4/c15-14-11-3-1-2-4-12(11)17-13(18-14)9-10-5-7-16-8-6-10/h5-8H,1-4,9H2,(H2,15,17,18). The van der Waals surface area contributed by atoms with Crippen LogP contribution in [0, 0.1) is 0 Å². The minimum absolute atomic E-state index is 0.670. The number of nitrogens with zero attached hydrogens (tertiary/aromatic N) is 3. The van der Waals surface area contributed by atoms with Crippen molar-refractivity contribution in [2.45, 2.75) is 32.1 Å². The van der Waals surface area contributed by atoms with Crippen molar-refractivity contribution in [3.05, 3.63) is 47.2 Å². The Balaban J connectivity index is 1.91. The van der Waals surface area contributed by atoms with Crippen LogP contribution in [0.5, 0.6) is 0 Å². The fourth-order valence-electron chi connectivity index (χ4n) is 2.44. The second-order valence-corrected chi connectivity index (χ2v) is 4.69. The van der Waals surface area contributed by atoms with Gasteiger partial charge in [0, 0.05) is 30.1 Å². The van der Waals surface area contributed by atoms with Crippen LogP contribution in [0.3, 0.4) is 0 Å². The van der Waals surface area contributed by atoms with E-state index < -0.39 is 0 Å². The Bertz CT molecular complexity index is 551. The summed E-state index contributed by atoms with van der Waals surface area (Å²) in [7, 11) is 0. The van der Waals surface area contributed by atoms with E-state index in [-0.39, 0.29) is 0 Å². The summed E-state index contributed by atoms with van der Waals surface area (Å²) in [5.41, 5.74) is 9.52. The average molecular weight is 240 g/mol. The minimum Gasteiger partial charge on any atom is -0.383 e. The van der Waals surface area contributed by atoms with Gasteiger partial charge in [-0.05, 0) is 43.4 Å². The van der Waals surface area contributed by atoms with Crippen LogP contribution in [0.1, 0.15) is 35.5 Å². The number of hydrogen-bond donors (Lipinski definition) is 1. The van der Waals surface area contributed by atoms with Crippen molar-refractivity contribution in [1.82, 2.24) is 15.0 Å². The number of rotatable bonds is 2. The van der Waals surface area contributed by atoms with Crippen molar-refractivity contribution in [3.8, 4) is 0 Å². The van der Waals surface area contributed by atoms with Crippen molar-refractivity contribution in [2.24, 2.45) is 0 Å². The molecule has 2 aromatic heterocycles. The predicted molar refractivity (Wildman–Crippen MR) is 70.1 cm³/mol. The van der Waals surface area contributed by atoms with Crippen molar-refractivity contribution in [3.63, 3.8) is 0 Å². The second kappa shape index (κ2) is 4.72. The van der Waals surface area contributed by atoms with E-state index in [1.54, 1.807) is 12.4 Å². The first kappa shape index (κ1) is 11.1. The Morgan fingerprint density at radius 1 is 1.06 bits per heavy atom. The molecule has 3 rings (SSSR count). The first-order valence-corrected chi connectivity index (χ1v) is 6.36. The van der Waals surface area contributed by atoms with Crippen LogP contribution in [0.15, 0.2) is 24.5 Å². The Kier molecular flexibility index (Phi) is 2.92. The first-order chi connectivity index (χ1) is 8.83. The molecule has 18 heavy (non-hydrogen) atoms. The Labute approximate surface area is 106 Å². The molecule has 92 valence electrons. The number of hydrogen-bond acceptors (Lipinski definition) is 4. The van der Waals surface area contributed by atoms with Gasteiger partial charge in [-0.2, -0.15) is 0 Å². The lowest BCUT2D eigenvalue weighted by Crippen LogP contribution is -2.13. The highest BCUT2D eigenvalue weighted by atomic mass is 15.0. The number of nitrogen functional groups attached to an aromatic ring is 1. The molecule has 0 saturated carbocycles. The van der Waals surface area contributed by atoms with Gasteiger partial charge in [0.1, 0.15) is 11.6 Å². The zero-order valence-electron chi connectivity index (χ0n) is 10.3. The molecular formula is C14H16N4. The molecule has 4 heteroatoms. The van der Waals surface area contributed by atoms with E-state index in [1.807, 2.05) is 12.1 Å². The number of nitrogens with two attached hydrogens (primary N) is 1. The highest BCUT2D eigenvalue weighted by Crippen LogP contribution is 2.23. The summed E-state index contributed by atoms with van der Waals surface area (Å²) in [5.74, 6) is 1.49. The summed E-state index contributed by atoms with van der Waals surface area (Å²) in [4.78, 5) is 13.1. The number of fused-ring (bicyclic) bond motifs is 1. The van der Waals surface area contributed by atoms with Crippen LogP contribution in [0.25, 0.3) is 0 Å². The van der Waals surface area contributed by atoms with Crippen molar-refractivity contribution >= 4 is 5.82 Å². The van der Waals surface area contributed by atoms with E-state index in [0.717, 1.165) is 30.8 Å². The van der Waals surface area contributed by atoms with Crippen LogP contribution < -0.4 is 5.73 Å². The van der Waals surface area contributed by atoms with Gasteiger partial charge >= 0.3 is 0 Å². The van der Waals surface area contributed by atoms with Gasteiger partial charge in [-0.3, -0.25) is 4.98 Å². The first-order valence-electron chi connectivity index (χ1n) is 6.36. The van der Waals surface area contributed by atoms with Crippen molar-refractivity contribution in [2.75, 3.05) is 5.73 Å². The molecule has 0 radical (unpaired) electrons. The lowest BCUT2D eigenvalue weighted by molar-refractivity contribution is 0.658. The largest absolute Gasteiger partial charge is 0.383 e. The Morgan fingerprint density at radius 2 is 1.83 bits per heavy atom. The van der Waals surface area contributed by atoms with Crippen LogP contribution in [0.4, 0.5) is 5.82 Å². The van der Waals surface area contributed by atoms with Gasteiger partial charge in [-0.25, -0.2) is 9.97 Å². The van der Waals surface area contributed by atoms with Crippen LogP contribution in [-0.4, -0.2) is 15.0 Å². The SMILES string of the molecule is Nc1nc(Cc2ccncc2)nc2c1CCCC2. The number of aryl methyl sites for hydroxylation is 1. The summed E-state index contributed by atoms with van der Waals surface area (Å²) < 4.78 is 0. The summed E-state index contributed by atoms with van der Waals surface area (Å²) in [5, 5.41) is 0. The average Bonchev–Trinajstić information content (AvgIpc) is 2.40. The maximum absolute atomic E-state index is 6.03. The molecule has 0 amide bonds. The third-order valence-electron chi connectivity index (χ3n) is 3.37. The van der Waals surface area contributed by atoms with Crippen molar-refractivity contribution < 1.29 is 0 Å². The van der Waals surface area contributed by atoms with E-state index in [1.165, 1.54) is 24.0 Å². The van der Waals surface area contributed by atoms with Gasteiger partial charge < -0.3 is 5.73 Å². The second-order valence-electron chi connectivity index (χ2n) is 4.69. The quantitative estimate of drug-likeness (QED) is 0.871. The van der Waals surface area contributed by atoms with Gasteiger partial charge in [0.05, 0.1) is 0 Å². The highest BCUT2D eigenvalue weighted by Gasteiger charge is 2.16. The molecule has 0 atom stereocenters. The molecule has 2 heterocycles. The third-order valence-corrected chi connectivity index (χ3v) is 3.37. The molecule has 1 aliphatic rings. The van der Waals surface area contributed by atoms with Gasteiger partial charge in [0.2, 0.25) is 0 Å². The maximum Gasteiger partial charge on any atom is 0.135 e. The minimum atomic E-state index is 0.670. The molecule has 2 aromatic rings. The summed E-state index contributed by atoms with van der Waals surface area (Å²) in [6.07, 6.45) is 8.76. The fraction of sp³-hybridized carbons (Fsp3) is 0.357. The lowest BCUT2D eigenvalue weighted by Gasteiger charge is -2.17. The molecule has 0 spiro atoms. The van der Waals surface area contributed by atoms with Gasteiger partial charge in [0.15, 0.2) is 0 Å². The maximum atomic E-state index is 6.03. The van der Waals surface area contributed by atoms with E-state index in [4.69, 9.17) is 5.73 Å². The van der Waals surface area contributed by atoms with Gasteiger partial charge in [-0.1, -0.05) is 0 Å². The Hall–Kier alpha value is -1.97. The molecular weight excluding hydrogens is 224 g/mol. The van der Waals surface area contributed by atoms with Gasteiger partial charge in [-0.15, -0.1) is 0 Å². The highest BCUT2D eigenvalue weighted by molar-refractivity contribution is 5.44. The summed E-state index contributed by atoms with van der Waals surface area (Å²) in [6, 6.07) is 3.97. The van der Waals surface area contributed by atoms with Crippen LogP contribution in [-0.2, 0) is 19.3 Å². The van der Waals surface area contributed by atoms with Crippen molar-refractivity contribution in [1.29, 1.82) is 0 Å². The lowest BCUT2D eigenvalue weighted by atomic mass is 9.96. The molecule has 0 aromatic carbocycles. The number of anilines is 1. The predicted octanol–water partition coefficient (Wildman–Crippen LogP) is 1.92. The smallest absolute Gasteiger partial charge is 0.135 e. The zero-order valence-corrected chi connectivity index (χ0v) is 10.3. The van der Waals surface area contributed by atoms with E-state index >= 15 is 0 Å². The van der Waals surface area contributed by atoms with Crippen LogP contribution >= 0.6 is 0 Å². The zero-order chi connectivity index (χ0) is 12.4. The molecule has 0 saturated heterocycles. The topological polar surface area (TPSA) is 64.7 Å². The fourth-order valence-corrected chi connectivity index (χ4v) is 2.44. The van der Waals surface area contributed by atoms with E-state index in [9.17, 15) is 0 Å². The summed E-state index contributed by atoms with van der Waals surface area (Å²) >= 11 is 0. The summed E-state index contributed by atoms with van der Waals surface area (Å²) in [6.45, 7) is 0.